The fourth-order valence-electron chi connectivity index (χ4n) is 2.11. The Hall–Kier alpha value is -2.43. The van der Waals surface area contributed by atoms with Crippen molar-refractivity contribution in [1.82, 2.24) is 24.8 Å². The smallest absolute Gasteiger partial charge is 0.371 e. The number of rotatable bonds is 3. The van der Waals surface area contributed by atoms with E-state index in [1.807, 2.05) is 0 Å². The third kappa shape index (κ3) is 2.79. The van der Waals surface area contributed by atoms with Gasteiger partial charge in [-0.1, -0.05) is 11.3 Å². The van der Waals surface area contributed by atoms with Gasteiger partial charge in [-0.2, -0.15) is 13.2 Å². The lowest BCUT2D eigenvalue weighted by Crippen LogP contribution is -2.33. The van der Waals surface area contributed by atoms with Gasteiger partial charge in [0.05, 0.1) is 6.33 Å². The van der Waals surface area contributed by atoms with Crippen LogP contribution in [-0.2, 0) is 7.05 Å². The number of anilines is 1. The summed E-state index contributed by atoms with van der Waals surface area (Å²) in [4.78, 5) is 25.0. The summed E-state index contributed by atoms with van der Waals surface area (Å²) in [5.74, 6) is -0.370. The second kappa shape index (κ2) is 5.33. The molecule has 0 saturated heterocycles. The lowest BCUT2D eigenvalue weighted by molar-refractivity contribution is -0.123. The standard InChI is InChI=1S/C12H11F3N6OS/c1-16-8-5-7(21(2)4-18-5)6-10(20-8)23-11(19-6)9(22)17-3-12(13,14)15/h4H,3H2,1-2H3,(H,16,20)(H,17,22). The van der Waals surface area contributed by atoms with Crippen LogP contribution < -0.4 is 10.6 Å². The Labute approximate surface area is 131 Å². The Morgan fingerprint density at radius 1 is 1.35 bits per heavy atom. The van der Waals surface area contributed by atoms with Crippen molar-refractivity contribution in [2.45, 2.75) is 6.18 Å². The van der Waals surface area contributed by atoms with Crippen molar-refractivity contribution in [3.05, 3.63) is 11.3 Å². The summed E-state index contributed by atoms with van der Waals surface area (Å²) in [6.45, 7) is -1.40. The zero-order valence-electron chi connectivity index (χ0n) is 12.0. The number of hydrogen-bond donors (Lipinski definition) is 2. The monoisotopic (exact) mass is 344 g/mol. The molecule has 0 aliphatic rings. The van der Waals surface area contributed by atoms with Crippen molar-refractivity contribution in [3.63, 3.8) is 0 Å². The number of nitrogens with zero attached hydrogens (tertiary/aromatic N) is 4. The molecule has 122 valence electrons. The first-order valence-corrected chi connectivity index (χ1v) is 7.26. The molecule has 23 heavy (non-hydrogen) atoms. The molecule has 0 saturated carbocycles. The van der Waals surface area contributed by atoms with Crippen molar-refractivity contribution in [1.29, 1.82) is 0 Å². The zero-order chi connectivity index (χ0) is 16.8. The zero-order valence-corrected chi connectivity index (χ0v) is 12.8. The Balaban J connectivity index is 2.06. The van der Waals surface area contributed by atoms with Gasteiger partial charge in [-0.25, -0.2) is 15.0 Å². The predicted molar refractivity (Wildman–Crippen MR) is 79.6 cm³/mol. The van der Waals surface area contributed by atoms with Crippen LogP contribution in [0.5, 0.6) is 0 Å². The molecule has 0 fully saturated rings. The number of halogens is 3. The molecule has 0 unspecified atom stereocenters. The number of carbonyl (C=O) groups excluding carboxylic acids is 1. The average Bonchev–Trinajstić information content (AvgIpc) is 3.06. The molecule has 0 atom stereocenters. The van der Waals surface area contributed by atoms with E-state index < -0.39 is 18.6 Å². The van der Waals surface area contributed by atoms with E-state index >= 15 is 0 Å². The average molecular weight is 344 g/mol. The van der Waals surface area contributed by atoms with Crippen LogP contribution >= 0.6 is 11.3 Å². The van der Waals surface area contributed by atoms with Crippen molar-refractivity contribution in [3.8, 4) is 0 Å². The lowest BCUT2D eigenvalue weighted by atomic mass is 10.3. The third-order valence-corrected chi connectivity index (χ3v) is 4.04. The molecule has 0 spiro atoms. The molecule has 0 radical (unpaired) electrons. The van der Waals surface area contributed by atoms with Gasteiger partial charge in [0.25, 0.3) is 5.91 Å². The van der Waals surface area contributed by atoms with Gasteiger partial charge >= 0.3 is 6.18 Å². The molecule has 0 bridgehead atoms. The normalized spacial score (nSPS) is 12.0. The fourth-order valence-corrected chi connectivity index (χ4v) is 2.97. The number of hydrogen-bond acceptors (Lipinski definition) is 6. The van der Waals surface area contributed by atoms with Gasteiger partial charge in [-0.15, -0.1) is 0 Å². The van der Waals surface area contributed by atoms with E-state index in [9.17, 15) is 18.0 Å². The molecule has 3 aromatic heterocycles. The van der Waals surface area contributed by atoms with Gasteiger partial charge in [-0.05, 0) is 0 Å². The van der Waals surface area contributed by atoms with Crippen LogP contribution in [0.15, 0.2) is 6.33 Å². The molecule has 3 heterocycles. The van der Waals surface area contributed by atoms with E-state index in [0.717, 1.165) is 11.3 Å². The third-order valence-electron chi connectivity index (χ3n) is 3.09. The minimum atomic E-state index is -4.47. The Morgan fingerprint density at radius 3 is 2.74 bits per heavy atom. The van der Waals surface area contributed by atoms with E-state index in [1.54, 1.807) is 30.3 Å². The minimum Gasteiger partial charge on any atom is -0.371 e. The maximum absolute atomic E-state index is 12.2. The number of thiazole rings is 1. The van der Waals surface area contributed by atoms with Gasteiger partial charge in [0.2, 0.25) is 0 Å². The molecular weight excluding hydrogens is 333 g/mol. The van der Waals surface area contributed by atoms with Crippen LogP contribution in [0.4, 0.5) is 19.0 Å². The van der Waals surface area contributed by atoms with Crippen molar-refractivity contribution < 1.29 is 18.0 Å². The summed E-state index contributed by atoms with van der Waals surface area (Å²) in [5, 5.41) is 4.63. The molecule has 0 aliphatic carbocycles. The van der Waals surface area contributed by atoms with Crippen molar-refractivity contribution >= 4 is 44.4 Å². The summed E-state index contributed by atoms with van der Waals surface area (Å²) in [6, 6.07) is 0. The molecule has 3 aromatic rings. The van der Waals surface area contributed by atoms with Gasteiger partial charge < -0.3 is 15.2 Å². The molecule has 2 N–H and O–H groups in total. The Morgan fingerprint density at radius 2 is 2.09 bits per heavy atom. The second-order valence-corrected chi connectivity index (χ2v) is 5.71. The highest BCUT2D eigenvalue weighted by Gasteiger charge is 2.29. The highest BCUT2D eigenvalue weighted by molar-refractivity contribution is 7.20. The quantitative estimate of drug-likeness (QED) is 0.758. The number of carbonyl (C=O) groups is 1. The predicted octanol–water partition coefficient (Wildman–Crippen LogP) is 1.91. The van der Waals surface area contributed by atoms with Crippen LogP contribution in [0.3, 0.4) is 0 Å². The summed E-state index contributed by atoms with van der Waals surface area (Å²) in [7, 11) is 3.44. The number of imidazole rings is 1. The van der Waals surface area contributed by atoms with Crippen LogP contribution in [0.2, 0.25) is 0 Å². The van der Waals surface area contributed by atoms with E-state index in [-0.39, 0.29) is 5.01 Å². The number of alkyl halides is 3. The van der Waals surface area contributed by atoms with Gasteiger partial charge in [0.15, 0.2) is 10.8 Å². The number of aryl methyl sites for hydroxylation is 1. The molecule has 0 aromatic carbocycles. The summed E-state index contributed by atoms with van der Waals surface area (Å²) >= 11 is 0.930. The van der Waals surface area contributed by atoms with Crippen molar-refractivity contribution in [2.75, 3.05) is 18.9 Å². The first kappa shape index (κ1) is 15.5. The topological polar surface area (TPSA) is 84.7 Å². The fraction of sp³-hybridized carbons (Fsp3) is 0.333. The van der Waals surface area contributed by atoms with Crippen molar-refractivity contribution in [2.24, 2.45) is 7.05 Å². The highest BCUT2D eigenvalue weighted by atomic mass is 32.1. The van der Waals surface area contributed by atoms with E-state index in [2.05, 4.69) is 20.3 Å². The van der Waals surface area contributed by atoms with Crippen LogP contribution in [0, 0.1) is 0 Å². The maximum Gasteiger partial charge on any atom is 0.405 e. The summed E-state index contributed by atoms with van der Waals surface area (Å²) < 4.78 is 38.3. The molecular formula is C12H11F3N6OS. The SMILES string of the molecule is CNc1nc2sc(C(=O)NCC(F)(F)F)nc2c2c1ncn2C. The van der Waals surface area contributed by atoms with Gasteiger partial charge in [-0.3, -0.25) is 4.79 Å². The maximum atomic E-state index is 12.2. The second-order valence-electron chi connectivity index (χ2n) is 4.73. The molecule has 7 nitrogen and oxygen atoms in total. The van der Waals surface area contributed by atoms with Crippen LogP contribution in [0.1, 0.15) is 9.80 Å². The van der Waals surface area contributed by atoms with Gasteiger partial charge in [0.1, 0.15) is 27.9 Å². The van der Waals surface area contributed by atoms with Crippen LogP contribution in [-0.4, -0.2) is 45.2 Å². The largest absolute Gasteiger partial charge is 0.405 e. The number of nitrogens with one attached hydrogen (secondary N) is 2. The minimum absolute atomic E-state index is 0.0764. The first-order valence-electron chi connectivity index (χ1n) is 6.44. The summed E-state index contributed by atoms with van der Waals surface area (Å²) in [6.07, 6.45) is -2.89. The lowest BCUT2D eigenvalue weighted by Gasteiger charge is -2.06. The first-order chi connectivity index (χ1) is 10.8. The van der Waals surface area contributed by atoms with E-state index in [4.69, 9.17) is 0 Å². The molecule has 3 rings (SSSR count). The molecule has 11 heteroatoms. The molecule has 0 aliphatic heterocycles. The van der Waals surface area contributed by atoms with E-state index in [1.165, 1.54) is 0 Å². The Bertz CT molecular complexity index is 900. The van der Waals surface area contributed by atoms with Gasteiger partial charge in [0, 0.05) is 14.1 Å². The number of fused-ring (bicyclic) bond motifs is 3. The summed E-state index contributed by atoms with van der Waals surface area (Å²) in [5.41, 5.74) is 1.67. The number of pyridine rings is 1. The molecule has 1 amide bonds. The number of amides is 1. The van der Waals surface area contributed by atoms with E-state index in [0.29, 0.717) is 27.2 Å². The van der Waals surface area contributed by atoms with Crippen LogP contribution in [0.25, 0.3) is 21.4 Å². The number of aromatic nitrogens is 4. The Kier molecular flexibility index (Phi) is 3.59. The highest BCUT2D eigenvalue weighted by Crippen LogP contribution is 2.31.